The van der Waals surface area contributed by atoms with Crippen LogP contribution in [0.15, 0.2) is 0 Å². The number of nitrogens with zero attached hydrogens (tertiary/aromatic N) is 2. The molecule has 0 spiro atoms. The van der Waals surface area contributed by atoms with Crippen LogP contribution in [-0.2, 0) is 14.3 Å². The van der Waals surface area contributed by atoms with Crippen LogP contribution in [0.2, 0.25) is 0 Å². The molecule has 0 aliphatic carbocycles. The summed E-state index contributed by atoms with van der Waals surface area (Å²) in [6.45, 7) is 4.59. The number of piperazine rings is 1. The molecule has 2 N–H and O–H groups in total. The lowest BCUT2D eigenvalue weighted by Gasteiger charge is -2.32. The Morgan fingerprint density at radius 2 is 2.05 bits per heavy atom. The summed E-state index contributed by atoms with van der Waals surface area (Å²) in [7, 11) is 1.52. The van der Waals surface area contributed by atoms with E-state index >= 15 is 0 Å². The largest absolute Gasteiger partial charge is 0.388 e. The molecule has 1 atom stereocenters. The Morgan fingerprint density at radius 3 is 2.62 bits per heavy atom. The van der Waals surface area contributed by atoms with E-state index in [2.05, 4.69) is 5.32 Å². The Labute approximate surface area is 124 Å². The molecule has 1 aliphatic heterocycles. The fraction of sp³-hybridized carbons (Fsp3) is 0.769. The van der Waals surface area contributed by atoms with Gasteiger partial charge >= 0.3 is 17.8 Å². The molecule has 0 aromatic carbocycles. The molecule has 4 amide bonds. The molecule has 8 nitrogen and oxygen atoms in total. The minimum Gasteiger partial charge on any atom is -0.388 e. The van der Waals surface area contributed by atoms with Crippen LogP contribution in [0.3, 0.4) is 0 Å². The Kier molecular flexibility index (Phi) is 6.10. The second kappa shape index (κ2) is 7.37. The van der Waals surface area contributed by atoms with Gasteiger partial charge in [-0.1, -0.05) is 0 Å². The molecule has 0 saturated carbocycles. The number of hydrogen-bond acceptors (Lipinski definition) is 5. The van der Waals surface area contributed by atoms with Crippen LogP contribution in [-0.4, -0.2) is 78.2 Å². The molecule has 0 radical (unpaired) electrons. The van der Waals surface area contributed by atoms with Crippen LogP contribution < -0.4 is 5.32 Å². The van der Waals surface area contributed by atoms with Crippen molar-refractivity contribution in [3.8, 4) is 0 Å². The van der Waals surface area contributed by atoms with E-state index in [-0.39, 0.29) is 13.1 Å². The highest BCUT2D eigenvalue weighted by atomic mass is 16.5. The number of likely N-dealkylation sites (N-methyl/N-ethyl adjacent to an activating group) is 1. The van der Waals surface area contributed by atoms with E-state index in [1.807, 2.05) is 0 Å². The summed E-state index contributed by atoms with van der Waals surface area (Å²) >= 11 is 0. The molecular formula is C13H23N3O5. The molecule has 0 bridgehead atoms. The number of imide groups is 1. The van der Waals surface area contributed by atoms with Crippen LogP contribution in [0.5, 0.6) is 0 Å². The molecule has 1 heterocycles. The van der Waals surface area contributed by atoms with Gasteiger partial charge < -0.3 is 20.1 Å². The van der Waals surface area contributed by atoms with Crippen molar-refractivity contribution in [3.63, 3.8) is 0 Å². The van der Waals surface area contributed by atoms with E-state index < -0.39 is 23.4 Å². The summed E-state index contributed by atoms with van der Waals surface area (Å²) in [5.74, 6) is -1.51. The number of methoxy groups -OCH3 is 1. The first-order valence-corrected chi connectivity index (χ1v) is 6.92. The van der Waals surface area contributed by atoms with Crippen LogP contribution >= 0.6 is 0 Å². The van der Waals surface area contributed by atoms with Crippen molar-refractivity contribution in [3.05, 3.63) is 0 Å². The van der Waals surface area contributed by atoms with E-state index in [0.717, 1.165) is 4.90 Å². The highest BCUT2D eigenvalue weighted by Crippen LogP contribution is 2.09. The summed E-state index contributed by atoms with van der Waals surface area (Å²) in [5.41, 5.74) is -1.13. The molecule has 1 fully saturated rings. The van der Waals surface area contributed by atoms with E-state index in [9.17, 15) is 19.5 Å². The maximum atomic E-state index is 12.0. The zero-order valence-electron chi connectivity index (χ0n) is 12.7. The summed E-state index contributed by atoms with van der Waals surface area (Å²) in [6, 6.07) is -0.665. The van der Waals surface area contributed by atoms with Crippen molar-refractivity contribution in [2.75, 3.05) is 39.9 Å². The second-order valence-electron chi connectivity index (χ2n) is 5.24. The first-order valence-electron chi connectivity index (χ1n) is 6.92. The maximum Gasteiger partial charge on any atom is 0.324 e. The Morgan fingerprint density at radius 1 is 1.38 bits per heavy atom. The molecule has 1 aliphatic rings. The maximum absolute atomic E-state index is 12.0. The van der Waals surface area contributed by atoms with Crippen molar-refractivity contribution < 1.29 is 24.2 Å². The lowest BCUT2D eigenvalue weighted by molar-refractivity contribution is -0.153. The van der Waals surface area contributed by atoms with Gasteiger partial charge in [0.15, 0.2) is 0 Å². The molecule has 1 saturated heterocycles. The first-order chi connectivity index (χ1) is 9.82. The predicted molar refractivity (Wildman–Crippen MR) is 74.5 cm³/mol. The molecule has 120 valence electrons. The van der Waals surface area contributed by atoms with Gasteiger partial charge in [0.1, 0.15) is 0 Å². The van der Waals surface area contributed by atoms with E-state index in [0.29, 0.717) is 26.1 Å². The van der Waals surface area contributed by atoms with Crippen LogP contribution in [0.1, 0.15) is 20.3 Å². The minimum atomic E-state index is -1.13. The third-order valence-corrected chi connectivity index (χ3v) is 3.40. The van der Waals surface area contributed by atoms with Crippen LogP contribution in [0, 0.1) is 0 Å². The smallest absolute Gasteiger partial charge is 0.324 e. The van der Waals surface area contributed by atoms with Crippen molar-refractivity contribution in [2.24, 2.45) is 0 Å². The van der Waals surface area contributed by atoms with E-state index in [1.54, 1.807) is 13.8 Å². The Bertz CT molecular complexity index is 411. The summed E-state index contributed by atoms with van der Waals surface area (Å²) in [4.78, 5) is 37.7. The summed E-state index contributed by atoms with van der Waals surface area (Å²) < 4.78 is 4.87. The van der Waals surface area contributed by atoms with E-state index in [1.165, 1.54) is 12.0 Å². The van der Waals surface area contributed by atoms with Crippen LogP contribution in [0.4, 0.5) is 4.79 Å². The zero-order valence-corrected chi connectivity index (χ0v) is 12.7. The van der Waals surface area contributed by atoms with Crippen molar-refractivity contribution in [1.29, 1.82) is 0 Å². The number of urea groups is 1. The zero-order chi connectivity index (χ0) is 16.0. The lowest BCUT2D eigenvalue weighted by atomic mass is 10.0. The standard InChI is InChI=1S/C13H23N3O5/c1-4-15-6-7-16(11(18)10(15)17)12(19)14-9-13(2,20)5-8-21-3/h20H,4-9H2,1-3H3,(H,14,19). The monoisotopic (exact) mass is 301 g/mol. The van der Waals surface area contributed by atoms with E-state index in [4.69, 9.17) is 4.74 Å². The minimum absolute atomic E-state index is 0.0232. The van der Waals surface area contributed by atoms with Crippen molar-refractivity contribution >= 4 is 17.8 Å². The molecule has 8 heteroatoms. The molecule has 1 unspecified atom stereocenters. The van der Waals surface area contributed by atoms with Gasteiger partial charge in [0.05, 0.1) is 5.60 Å². The van der Waals surface area contributed by atoms with Gasteiger partial charge in [-0.3, -0.25) is 14.5 Å². The quantitative estimate of drug-likeness (QED) is 0.624. The van der Waals surface area contributed by atoms with Crippen molar-refractivity contribution in [1.82, 2.24) is 15.1 Å². The SMILES string of the molecule is CCN1CCN(C(=O)NCC(C)(O)CCOC)C(=O)C1=O. The number of aliphatic hydroxyl groups is 1. The number of carbonyl (C=O) groups is 3. The van der Waals surface area contributed by atoms with Gasteiger partial charge in [-0.2, -0.15) is 0 Å². The number of rotatable bonds is 6. The summed E-state index contributed by atoms with van der Waals surface area (Å²) in [5, 5.41) is 12.5. The van der Waals surface area contributed by atoms with Gasteiger partial charge in [0.2, 0.25) is 0 Å². The van der Waals surface area contributed by atoms with Gasteiger partial charge in [0.25, 0.3) is 0 Å². The third kappa shape index (κ3) is 4.68. The molecule has 21 heavy (non-hydrogen) atoms. The average molecular weight is 301 g/mol. The first kappa shape index (κ1) is 17.4. The third-order valence-electron chi connectivity index (χ3n) is 3.40. The fourth-order valence-corrected chi connectivity index (χ4v) is 1.94. The molecule has 1 rings (SSSR count). The Hall–Kier alpha value is -1.67. The van der Waals surface area contributed by atoms with Gasteiger partial charge in [-0.15, -0.1) is 0 Å². The topological polar surface area (TPSA) is 99.2 Å². The molecule has 0 aromatic heterocycles. The number of hydrogen-bond donors (Lipinski definition) is 2. The number of amides is 4. The molecule has 0 aromatic rings. The summed E-state index contributed by atoms with van der Waals surface area (Å²) in [6.07, 6.45) is 0.347. The highest BCUT2D eigenvalue weighted by molar-refractivity contribution is 6.38. The number of carbonyl (C=O) groups excluding carboxylic acids is 3. The van der Waals surface area contributed by atoms with Crippen LogP contribution in [0.25, 0.3) is 0 Å². The average Bonchev–Trinajstić information content (AvgIpc) is 2.45. The lowest BCUT2D eigenvalue weighted by Crippen LogP contribution is -2.59. The van der Waals surface area contributed by atoms with Gasteiger partial charge in [-0.25, -0.2) is 4.79 Å². The van der Waals surface area contributed by atoms with Gasteiger partial charge in [-0.05, 0) is 13.8 Å². The van der Waals surface area contributed by atoms with Gasteiger partial charge in [0, 0.05) is 46.3 Å². The number of ether oxygens (including phenoxy) is 1. The number of nitrogens with one attached hydrogen (secondary N) is 1. The predicted octanol–water partition coefficient (Wildman–Crippen LogP) is -0.826. The normalized spacial score (nSPS) is 18.7. The Balaban J connectivity index is 2.53. The van der Waals surface area contributed by atoms with Crippen molar-refractivity contribution in [2.45, 2.75) is 25.9 Å². The fourth-order valence-electron chi connectivity index (χ4n) is 1.94. The highest BCUT2D eigenvalue weighted by Gasteiger charge is 2.35. The second-order valence-corrected chi connectivity index (χ2v) is 5.24. The molecular weight excluding hydrogens is 278 g/mol.